The molecule has 0 heterocycles. The zero-order chi connectivity index (χ0) is 15.3. The summed E-state index contributed by atoms with van der Waals surface area (Å²) in [5.74, 6) is -0.222. The van der Waals surface area contributed by atoms with Crippen LogP contribution in [0.4, 0.5) is 0 Å². The second-order valence-corrected chi connectivity index (χ2v) is 6.89. The summed E-state index contributed by atoms with van der Waals surface area (Å²) in [6.07, 6.45) is 6.06. The quantitative estimate of drug-likeness (QED) is 0.776. The van der Waals surface area contributed by atoms with E-state index >= 15 is 0 Å². The molecule has 0 aliphatic heterocycles. The summed E-state index contributed by atoms with van der Waals surface area (Å²) < 4.78 is 23.8. The second kappa shape index (κ2) is 7.02. The molecule has 116 valence electrons. The van der Waals surface area contributed by atoms with E-state index in [0.29, 0.717) is 5.92 Å². The van der Waals surface area contributed by atoms with Crippen LogP contribution in [0.15, 0.2) is 29.2 Å². The van der Waals surface area contributed by atoms with Crippen molar-refractivity contribution in [2.75, 3.05) is 6.61 Å². The van der Waals surface area contributed by atoms with Gasteiger partial charge in [0.1, 0.15) is 6.61 Å². The van der Waals surface area contributed by atoms with E-state index in [0.717, 1.165) is 12.8 Å². The molecule has 0 bridgehead atoms. The number of hydrogen-bond donors (Lipinski definition) is 2. The topological polar surface area (TPSA) is 98.5 Å². The van der Waals surface area contributed by atoms with E-state index in [1.807, 2.05) is 17.0 Å². The molecule has 0 aromatic heterocycles. The number of hydrogen-bond acceptors (Lipinski definition) is 4. The number of nitrogens with one attached hydrogen (secondary N) is 1. The van der Waals surface area contributed by atoms with Crippen LogP contribution in [0.2, 0.25) is 0 Å². The van der Waals surface area contributed by atoms with Gasteiger partial charge in [0, 0.05) is 0 Å². The van der Waals surface area contributed by atoms with Crippen LogP contribution in [0.3, 0.4) is 0 Å². The lowest BCUT2D eigenvalue weighted by Gasteiger charge is -2.22. The number of amides is 1. The van der Waals surface area contributed by atoms with Crippen molar-refractivity contribution in [2.24, 2.45) is 5.73 Å². The highest BCUT2D eigenvalue weighted by Gasteiger charge is 2.18. The fourth-order valence-corrected chi connectivity index (χ4v) is 3.39. The van der Waals surface area contributed by atoms with Gasteiger partial charge in [-0.2, -0.15) is 0 Å². The molecule has 6 nitrogen and oxygen atoms in total. The van der Waals surface area contributed by atoms with Gasteiger partial charge in [0.2, 0.25) is 5.91 Å². The Labute approximate surface area is 124 Å². The Kier molecular flexibility index (Phi) is 5.33. The zero-order valence-corrected chi connectivity index (χ0v) is 12.6. The Hall–Kier alpha value is -1.44. The van der Waals surface area contributed by atoms with Gasteiger partial charge >= 0.3 is 0 Å². The molecule has 0 spiro atoms. The van der Waals surface area contributed by atoms with Crippen LogP contribution < -0.4 is 10.6 Å². The van der Waals surface area contributed by atoms with Crippen LogP contribution in [-0.4, -0.2) is 20.9 Å². The molecule has 1 aliphatic rings. The van der Waals surface area contributed by atoms with E-state index in [-0.39, 0.29) is 4.90 Å². The van der Waals surface area contributed by atoms with Crippen molar-refractivity contribution in [1.82, 2.24) is 4.89 Å². The predicted octanol–water partition coefficient (Wildman–Crippen LogP) is 1.43. The standard InChI is InChI=1S/C14H20N2O4S/c15-14(17)10-20-16-21(18,19)13-8-6-12(7-9-13)11-4-2-1-3-5-11/h6-9,11,16H,1-5,10H2,(H2,15,17). The molecule has 0 saturated heterocycles. The van der Waals surface area contributed by atoms with Gasteiger partial charge in [0.15, 0.2) is 0 Å². The highest BCUT2D eigenvalue weighted by atomic mass is 32.2. The van der Waals surface area contributed by atoms with Crippen molar-refractivity contribution >= 4 is 15.9 Å². The molecule has 1 fully saturated rings. The predicted molar refractivity (Wildman–Crippen MR) is 77.7 cm³/mol. The minimum atomic E-state index is -3.78. The second-order valence-electron chi connectivity index (χ2n) is 5.25. The molecule has 0 atom stereocenters. The average molecular weight is 312 g/mol. The number of carbonyl (C=O) groups is 1. The van der Waals surface area contributed by atoms with E-state index in [1.165, 1.54) is 24.8 Å². The normalized spacial score (nSPS) is 16.8. The summed E-state index contributed by atoms with van der Waals surface area (Å²) in [5.41, 5.74) is 6.04. The minimum Gasteiger partial charge on any atom is -0.368 e. The van der Waals surface area contributed by atoms with Crippen molar-refractivity contribution in [3.05, 3.63) is 29.8 Å². The molecule has 2 rings (SSSR count). The van der Waals surface area contributed by atoms with Crippen molar-refractivity contribution in [1.29, 1.82) is 0 Å². The third kappa shape index (κ3) is 4.52. The average Bonchev–Trinajstić information content (AvgIpc) is 2.48. The van der Waals surface area contributed by atoms with Crippen LogP contribution in [0, 0.1) is 0 Å². The lowest BCUT2D eigenvalue weighted by molar-refractivity contribution is -0.123. The van der Waals surface area contributed by atoms with Gasteiger partial charge in [-0.05, 0) is 36.5 Å². The van der Waals surface area contributed by atoms with Gasteiger partial charge in [0.25, 0.3) is 10.0 Å². The van der Waals surface area contributed by atoms with Crippen LogP contribution in [-0.2, 0) is 19.7 Å². The van der Waals surface area contributed by atoms with Gasteiger partial charge in [-0.1, -0.05) is 36.3 Å². The van der Waals surface area contributed by atoms with E-state index < -0.39 is 22.5 Å². The fourth-order valence-electron chi connectivity index (χ4n) is 2.58. The Morgan fingerprint density at radius 3 is 2.38 bits per heavy atom. The molecular formula is C14H20N2O4S. The van der Waals surface area contributed by atoms with E-state index in [4.69, 9.17) is 5.73 Å². The maximum atomic E-state index is 11.9. The van der Waals surface area contributed by atoms with Crippen molar-refractivity contribution in [3.63, 3.8) is 0 Å². The molecule has 1 amide bonds. The summed E-state index contributed by atoms with van der Waals surface area (Å²) in [7, 11) is -3.78. The highest BCUT2D eigenvalue weighted by molar-refractivity contribution is 7.89. The van der Waals surface area contributed by atoms with Crippen LogP contribution in [0.25, 0.3) is 0 Å². The smallest absolute Gasteiger partial charge is 0.262 e. The molecule has 7 heteroatoms. The summed E-state index contributed by atoms with van der Waals surface area (Å²) in [6, 6.07) is 6.80. The zero-order valence-electron chi connectivity index (χ0n) is 11.7. The van der Waals surface area contributed by atoms with Gasteiger partial charge in [-0.25, -0.2) is 8.42 Å². The monoisotopic (exact) mass is 312 g/mol. The molecule has 0 radical (unpaired) electrons. The largest absolute Gasteiger partial charge is 0.368 e. The number of nitrogens with two attached hydrogens (primary N) is 1. The number of benzene rings is 1. The number of carbonyl (C=O) groups excluding carboxylic acids is 1. The summed E-state index contributed by atoms with van der Waals surface area (Å²) >= 11 is 0. The van der Waals surface area contributed by atoms with Crippen LogP contribution in [0.5, 0.6) is 0 Å². The highest BCUT2D eigenvalue weighted by Crippen LogP contribution is 2.32. The van der Waals surface area contributed by atoms with E-state index in [9.17, 15) is 13.2 Å². The Morgan fingerprint density at radius 2 is 1.81 bits per heavy atom. The van der Waals surface area contributed by atoms with Gasteiger partial charge in [0.05, 0.1) is 4.90 Å². The molecule has 21 heavy (non-hydrogen) atoms. The summed E-state index contributed by atoms with van der Waals surface area (Å²) in [5, 5.41) is 0. The Balaban J connectivity index is 2.01. The summed E-state index contributed by atoms with van der Waals surface area (Å²) in [4.78, 5) is 17.0. The van der Waals surface area contributed by atoms with Crippen LogP contribution in [0.1, 0.15) is 43.6 Å². The Morgan fingerprint density at radius 1 is 1.19 bits per heavy atom. The molecule has 1 aliphatic carbocycles. The maximum absolute atomic E-state index is 11.9. The summed E-state index contributed by atoms with van der Waals surface area (Å²) in [6.45, 7) is -0.501. The SMILES string of the molecule is NC(=O)CONS(=O)(=O)c1ccc(C2CCCCC2)cc1. The first-order valence-corrected chi connectivity index (χ1v) is 8.49. The molecule has 0 unspecified atom stereocenters. The van der Waals surface area contributed by atoms with Crippen molar-refractivity contribution in [2.45, 2.75) is 42.9 Å². The number of sulfonamides is 1. The van der Waals surface area contributed by atoms with Crippen LogP contribution >= 0.6 is 0 Å². The van der Waals surface area contributed by atoms with Crippen molar-refractivity contribution in [3.8, 4) is 0 Å². The molecule has 1 saturated carbocycles. The van der Waals surface area contributed by atoms with Gasteiger partial charge in [-0.3, -0.25) is 9.63 Å². The molecule has 1 aromatic rings. The van der Waals surface area contributed by atoms with Gasteiger partial charge in [-0.15, -0.1) is 0 Å². The lowest BCUT2D eigenvalue weighted by atomic mass is 9.84. The van der Waals surface area contributed by atoms with Gasteiger partial charge < -0.3 is 5.73 Å². The lowest BCUT2D eigenvalue weighted by Crippen LogP contribution is -2.29. The molecular weight excluding hydrogens is 292 g/mol. The molecule has 1 aromatic carbocycles. The van der Waals surface area contributed by atoms with E-state index in [1.54, 1.807) is 12.1 Å². The Bertz CT molecular complexity index is 577. The third-order valence-corrected chi connectivity index (χ3v) is 4.88. The number of rotatable bonds is 6. The first-order valence-electron chi connectivity index (χ1n) is 7.01. The minimum absolute atomic E-state index is 0.103. The maximum Gasteiger partial charge on any atom is 0.262 e. The first kappa shape index (κ1) is 15.9. The fraction of sp³-hybridized carbons (Fsp3) is 0.500. The number of primary amides is 1. The van der Waals surface area contributed by atoms with Crippen molar-refractivity contribution < 1.29 is 18.0 Å². The first-order chi connectivity index (χ1) is 9.99. The molecule has 3 N–H and O–H groups in total. The van der Waals surface area contributed by atoms with E-state index in [2.05, 4.69) is 4.84 Å². The third-order valence-electron chi connectivity index (χ3n) is 3.65.